The predicted molar refractivity (Wildman–Crippen MR) is 116 cm³/mol. The van der Waals surface area contributed by atoms with E-state index in [4.69, 9.17) is 18.6 Å². The molecule has 8 heteroatoms. The van der Waals surface area contributed by atoms with E-state index >= 15 is 0 Å². The zero-order chi connectivity index (χ0) is 21.8. The van der Waals surface area contributed by atoms with Crippen molar-refractivity contribution >= 4 is 24.2 Å². The van der Waals surface area contributed by atoms with Crippen LogP contribution in [0.3, 0.4) is 0 Å². The number of benzene rings is 1. The summed E-state index contributed by atoms with van der Waals surface area (Å²) < 4.78 is 25.4. The van der Waals surface area contributed by atoms with E-state index in [1.807, 2.05) is 13.8 Å². The maximum Gasteiger partial charge on any atom is 0.192 e. The average Bonchev–Trinajstić information content (AvgIpc) is 3.09. The number of hydrogen-bond donors (Lipinski definition) is 2. The molecule has 0 saturated carbocycles. The summed E-state index contributed by atoms with van der Waals surface area (Å²) >= 11 is 3.34. The fourth-order valence-electron chi connectivity index (χ4n) is 3.50. The van der Waals surface area contributed by atoms with Gasteiger partial charge in [-0.3, -0.25) is 0 Å². The molecular weight excluding hydrogens is 456 g/mol. The maximum absolute atomic E-state index is 11.3. The molecule has 0 aromatic heterocycles. The average molecular weight is 489 g/mol. The highest BCUT2D eigenvalue weighted by molar-refractivity contribution is 9.10. The molecule has 2 N–H and O–H groups in total. The standard InChI is InChI=1S/C21H33BrO6Si/c1-20(2,3)29(6,7)28-19-16(24)17(12-8-9-14(23)13(22)10-12)26-18(19)15-11-25-21(4,5)27-15/h8-10,15-19,23-24H,11H2,1-7H3/t15-,16+,17+,18-,19-/m1/s1. The second-order valence-electron chi connectivity index (χ2n) is 9.93. The molecule has 2 aliphatic rings. The van der Waals surface area contributed by atoms with Crippen molar-refractivity contribution in [1.29, 1.82) is 0 Å². The number of halogens is 1. The van der Waals surface area contributed by atoms with E-state index in [-0.39, 0.29) is 16.9 Å². The Kier molecular flexibility index (Phi) is 6.31. The molecule has 2 heterocycles. The highest BCUT2D eigenvalue weighted by Crippen LogP contribution is 2.45. The van der Waals surface area contributed by atoms with E-state index < -0.39 is 38.5 Å². The van der Waals surface area contributed by atoms with Crippen molar-refractivity contribution in [2.24, 2.45) is 0 Å². The third-order valence-electron chi connectivity index (χ3n) is 6.21. The van der Waals surface area contributed by atoms with Gasteiger partial charge in [0.05, 0.1) is 11.1 Å². The Labute approximate surface area is 182 Å². The Morgan fingerprint density at radius 3 is 2.41 bits per heavy atom. The van der Waals surface area contributed by atoms with E-state index in [9.17, 15) is 10.2 Å². The summed E-state index contributed by atoms with van der Waals surface area (Å²) in [4.78, 5) is 0. The molecule has 29 heavy (non-hydrogen) atoms. The van der Waals surface area contributed by atoms with Crippen LogP contribution in [0.4, 0.5) is 0 Å². The highest BCUT2D eigenvalue weighted by atomic mass is 79.9. The monoisotopic (exact) mass is 488 g/mol. The minimum atomic E-state index is -2.18. The SMILES string of the molecule is CC1(C)OC[C@H]([C@H]2O[C@@H](c3ccc(O)c(Br)c3)[C@H](O)[C@H]2O[Si](C)(C)C(C)(C)C)O1. The molecule has 3 rings (SSSR count). The topological polar surface area (TPSA) is 77.4 Å². The molecule has 164 valence electrons. The van der Waals surface area contributed by atoms with Crippen LogP contribution in [0.2, 0.25) is 18.1 Å². The first-order chi connectivity index (χ1) is 13.2. The van der Waals surface area contributed by atoms with Crippen molar-refractivity contribution in [1.82, 2.24) is 0 Å². The lowest BCUT2D eigenvalue weighted by molar-refractivity contribution is -0.160. The lowest BCUT2D eigenvalue weighted by Crippen LogP contribution is -2.51. The number of phenols is 1. The van der Waals surface area contributed by atoms with Crippen LogP contribution in [0.15, 0.2) is 22.7 Å². The van der Waals surface area contributed by atoms with Gasteiger partial charge in [0, 0.05) is 0 Å². The zero-order valence-corrected chi connectivity index (χ0v) is 20.8. The van der Waals surface area contributed by atoms with Crippen LogP contribution in [-0.2, 0) is 18.6 Å². The van der Waals surface area contributed by atoms with Crippen LogP contribution >= 0.6 is 15.9 Å². The molecule has 0 radical (unpaired) electrons. The number of aromatic hydroxyl groups is 1. The van der Waals surface area contributed by atoms with Gasteiger partial charge in [-0.2, -0.15) is 0 Å². The Morgan fingerprint density at radius 1 is 1.24 bits per heavy atom. The van der Waals surface area contributed by atoms with Crippen LogP contribution < -0.4 is 0 Å². The predicted octanol–water partition coefficient (Wildman–Crippen LogP) is 4.50. The second kappa shape index (κ2) is 7.89. The van der Waals surface area contributed by atoms with Crippen molar-refractivity contribution in [3.8, 4) is 5.75 Å². The first-order valence-corrected chi connectivity index (χ1v) is 13.7. The third-order valence-corrected chi connectivity index (χ3v) is 11.3. The van der Waals surface area contributed by atoms with Gasteiger partial charge < -0.3 is 28.8 Å². The van der Waals surface area contributed by atoms with Crippen molar-refractivity contribution in [3.05, 3.63) is 28.2 Å². The fourth-order valence-corrected chi connectivity index (χ4v) is 5.20. The van der Waals surface area contributed by atoms with E-state index in [0.717, 1.165) is 5.56 Å². The van der Waals surface area contributed by atoms with E-state index in [1.165, 1.54) is 0 Å². The van der Waals surface area contributed by atoms with Crippen molar-refractivity contribution < 1.29 is 28.8 Å². The number of aliphatic hydroxyl groups is 1. The van der Waals surface area contributed by atoms with E-state index in [2.05, 4.69) is 49.8 Å². The van der Waals surface area contributed by atoms with Gasteiger partial charge in [-0.05, 0) is 65.6 Å². The van der Waals surface area contributed by atoms with Crippen LogP contribution in [0.5, 0.6) is 5.75 Å². The molecule has 2 saturated heterocycles. The van der Waals surface area contributed by atoms with Gasteiger partial charge in [0.1, 0.15) is 36.3 Å². The number of phenolic OH excluding ortho intramolecular Hbond substituents is 1. The number of aliphatic hydroxyl groups excluding tert-OH is 1. The molecule has 1 aromatic rings. The third kappa shape index (κ3) is 4.73. The molecule has 0 unspecified atom stereocenters. The Balaban J connectivity index is 1.92. The molecule has 6 nitrogen and oxygen atoms in total. The number of rotatable bonds is 4. The van der Waals surface area contributed by atoms with E-state index in [0.29, 0.717) is 11.1 Å². The molecule has 5 atom stereocenters. The highest BCUT2D eigenvalue weighted by Gasteiger charge is 2.54. The molecule has 1 aromatic carbocycles. The minimum Gasteiger partial charge on any atom is -0.507 e. The smallest absolute Gasteiger partial charge is 0.192 e. The summed E-state index contributed by atoms with van der Waals surface area (Å²) in [5.74, 6) is -0.554. The van der Waals surface area contributed by atoms with Crippen LogP contribution in [0, 0.1) is 0 Å². The summed E-state index contributed by atoms with van der Waals surface area (Å²) in [7, 11) is -2.18. The van der Waals surface area contributed by atoms with Gasteiger partial charge in [0.25, 0.3) is 0 Å². The lowest BCUT2D eigenvalue weighted by atomic mass is 10.00. The quantitative estimate of drug-likeness (QED) is 0.607. The summed E-state index contributed by atoms with van der Waals surface area (Å²) in [6.45, 7) is 15.0. The van der Waals surface area contributed by atoms with Crippen LogP contribution in [0.25, 0.3) is 0 Å². The van der Waals surface area contributed by atoms with Gasteiger partial charge >= 0.3 is 0 Å². The molecule has 0 aliphatic carbocycles. The molecule has 2 fully saturated rings. The first kappa shape index (κ1) is 23.2. The Bertz CT molecular complexity index is 747. The minimum absolute atomic E-state index is 0.0107. The van der Waals surface area contributed by atoms with E-state index in [1.54, 1.807) is 18.2 Å². The van der Waals surface area contributed by atoms with Crippen molar-refractivity contribution in [3.63, 3.8) is 0 Å². The molecular formula is C21H33BrO6Si. The second-order valence-corrected chi connectivity index (χ2v) is 15.5. The summed E-state index contributed by atoms with van der Waals surface area (Å²) in [5, 5.41) is 21.1. The number of hydrogen-bond acceptors (Lipinski definition) is 6. The normalized spacial score (nSPS) is 32.7. The molecule has 2 aliphatic heterocycles. The van der Waals surface area contributed by atoms with Gasteiger partial charge in [0.2, 0.25) is 0 Å². The molecule has 0 amide bonds. The van der Waals surface area contributed by atoms with Gasteiger partial charge in [-0.1, -0.05) is 26.8 Å². The molecule has 0 bridgehead atoms. The van der Waals surface area contributed by atoms with Gasteiger partial charge in [-0.15, -0.1) is 0 Å². The molecule has 0 spiro atoms. The lowest BCUT2D eigenvalue weighted by Gasteiger charge is -2.40. The zero-order valence-electron chi connectivity index (χ0n) is 18.2. The van der Waals surface area contributed by atoms with Gasteiger partial charge in [0.15, 0.2) is 14.1 Å². The van der Waals surface area contributed by atoms with Crippen LogP contribution in [0.1, 0.15) is 46.3 Å². The Morgan fingerprint density at radius 2 is 1.90 bits per heavy atom. The first-order valence-electron chi connectivity index (χ1n) is 10.0. The summed E-state index contributed by atoms with van der Waals surface area (Å²) in [6, 6.07) is 5.12. The Hall–Kier alpha value is -0.483. The van der Waals surface area contributed by atoms with Crippen molar-refractivity contribution in [2.45, 2.75) is 89.1 Å². The number of ether oxygens (including phenoxy) is 3. The van der Waals surface area contributed by atoms with Crippen LogP contribution in [-0.4, -0.2) is 55.3 Å². The summed E-state index contributed by atoms with van der Waals surface area (Å²) in [5.41, 5.74) is 0.770. The van der Waals surface area contributed by atoms with Crippen molar-refractivity contribution in [2.75, 3.05) is 6.61 Å². The van der Waals surface area contributed by atoms with Gasteiger partial charge in [-0.25, -0.2) is 0 Å². The fraction of sp³-hybridized carbons (Fsp3) is 0.714. The largest absolute Gasteiger partial charge is 0.507 e. The summed E-state index contributed by atoms with van der Waals surface area (Å²) in [6.07, 6.45) is -2.77. The maximum atomic E-state index is 11.3.